The Kier molecular flexibility index (Phi) is 3.75. The second kappa shape index (κ2) is 5.29. The van der Waals surface area contributed by atoms with Gasteiger partial charge < -0.3 is 11.1 Å². The predicted molar refractivity (Wildman–Crippen MR) is 70.5 cm³/mol. The molecule has 3 N–H and O–H groups in total. The Hall–Kier alpha value is -1.40. The quantitative estimate of drug-likeness (QED) is 0.832. The van der Waals surface area contributed by atoms with E-state index in [0.29, 0.717) is 23.7 Å². The van der Waals surface area contributed by atoms with Crippen LogP contribution >= 0.6 is 22.9 Å². The van der Waals surface area contributed by atoms with Gasteiger partial charge in [-0.05, 0) is 18.5 Å². The number of aryl methyl sites for hydroxylation is 1. The molecular formula is C10H12ClN5S. The van der Waals surface area contributed by atoms with Crippen molar-refractivity contribution in [2.75, 3.05) is 17.6 Å². The second-order valence-corrected chi connectivity index (χ2v) is 4.55. The SMILES string of the molecule is Cc1nc(Cl)nc(NCCc2cscn2)c1N. The summed E-state index contributed by atoms with van der Waals surface area (Å²) in [4.78, 5) is 12.2. The van der Waals surface area contributed by atoms with Gasteiger partial charge in [-0.1, -0.05) is 0 Å². The van der Waals surface area contributed by atoms with E-state index in [1.807, 2.05) is 10.9 Å². The minimum absolute atomic E-state index is 0.202. The number of nitrogens with two attached hydrogens (primary N) is 1. The summed E-state index contributed by atoms with van der Waals surface area (Å²) in [7, 11) is 0. The lowest BCUT2D eigenvalue weighted by molar-refractivity contribution is 0.962. The molecule has 0 radical (unpaired) electrons. The molecular weight excluding hydrogens is 258 g/mol. The van der Waals surface area contributed by atoms with E-state index in [4.69, 9.17) is 17.3 Å². The lowest BCUT2D eigenvalue weighted by Crippen LogP contribution is -2.10. The lowest BCUT2D eigenvalue weighted by Gasteiger charge is -2.09. The third kappa shape index (κ3) is 3.04. The van der Waals surface area contributed by atoms with Crippen LogP contribution in [0.25, 0.3) is 0 Å². The zero-order valence-corrected chi connectivity index (χ0v) is 10.8. The van der Waals surface area contributed by atoms with Gasteiger partial charge in [-0.3, -0.25) is 0 Å². The molecule has 5 nitrogen and oxygen atoms in total. The summed E-state index contributed by atoms with van der Waals surface area (Å²) < 4.78 is 0. The minimum Gasteiger partial charge on any atom is -0.394 e. The summed E-state index contributed by atoms with van der Waals surface area (Å²) >= 11 is 7.36. The van der Waals surface area contributed by atoms with Gasteiger partial charge in [-0.25, -0.2) is 9.97 Å². The fraction of sp³-hybridized carbons (Fsp3) is 0.300. The predicted octanol–water partition coefficient (Wildman–Crippen LogP) is 2.13. The highest BCUT2D eigenvalue weighted by molar-refractivity contribution is 7.07. The van der Waals surface area contributed by atoms with E-state index in [0.717, 1.165) is 12.1 Å². The topological polar surface area (TPSA) is 76.7 Å². The maximum Gasteiger partial charge on any atom is 0.224 e. The van der Waals surface area contributed by atoms with Crippen molar-refractivity contribution in [1.29, 1.82) is 0 Å². The minimum atomic E-state index is 0.202. The summed E-state index contributed by atoms with van der Waals surface area (Å²) in [5.74, 6) is 0.581. The monoisotopic (exact) mass is 269 g/mol. The molecule has 0 aliphatic carbocycles. The van der Waals surface area contributed by atoms with Crippen LogP contribution in [0.4, 0.5) is 11.5 Å². The fourth-order valence-electron chi connectivity index (χ4n) is 1.35. The fourth-order valence-corrected chi connectivity index (χ4v) is 2.16. The molecule has 2 aromatic rings. The Balaban J connectivity index is 1.99. The molecule has 90 valence electrons. The summed E-state index contributed by atoms with van der Waals surface area (Å²) in [6.45, 7) is 2.51. The number of hydrogen-bond acceptors (Lipinski definition) is 6. The van der Waals surface area contributed by atoms with Crippen molar-refractivity contribution in [2.24, 2.45) is 0 Å². The van der Waals surface area contributed by atoms with Crippen LogP contribution in [0.15, 0.2) is 10.9 Å². The first-order valence-electron chi connectivity index (χ1n) is 5.07. The van der Waals surface area contributed by atoms with E-state index in [1.54, 1.807) is 18.3 Å². The molecule has 7 heteroatoms. The van der Waals surface area contributed by atoms with Gasteiger partial charge in [-0.2, -0.15) is 4.98 Å². The van der Waals surface area contributed by atoms with E-state index < -0.39 is 0 Å². The van der Waals surface area contributed by atoms with Crippen LogP contribution in [0.2, 0.25) is 5.28 Å². The van der Waals surface area contributed by atoms with Gasteiger partial charge in [0.15, 0.2) is 5.82 Å². The van der Waals surface area contributed by atoms with Gasteiger partial charge in [0.05, 0.1) is 22.6 Å². The Morgan fingerprint density at radius 3 is 3.00 bits per heavy atom. The van der Waals surface area contributed by atoms with Crippen molar-refractivity contribution in [3.05, 3.63) is 27.6 Å². The van der Waals surface area contributed by atoms with Crippen molar-refractivity contribution >= 4 is 34.4 Å². The molecule has 0 aliphatic rings. The average Bonchev–Trinajstić information content (AvgIpc) is 2.78. The van der Waals surface area contributed by atoms with Crippen LogP contribution < -0.4 is 11.1 Å². The average molecular weight is 270 g/mol. The molecule has 0 aromatic carbocycles. The summed E-state index contributed by atoms with van der Waals surface area (Å²) in [6.07, 6.45) is 0.823. The first-order valence-corrected chi connectivity index (χ1v) is 6.39. The third-order valence-corrected chi connectivity index (χ3v) is 3.07. The number of nitrogens with zero attached hydrogens (tertiary/aromatic N) is 3. The van der Waals surface area contributed by atoms with E-state index in [-0.39, 0.29) is 5.28 Å². The van der Waals surface area contributed by atoms with Crippen molar-refractivity contribution in [3.63, 3.8) is 0 Å². The number of thiazole rings is 1. The molecule has 0 aliphatic heterocycles. The van der Waals surface area contributed by atoms with Crippen molar-refractivity contribution in [3.8, 4) is 0 Å². The van der Waals surface area contributed by atoms with E-state index in [1.165, 1.54) is 0 Å². The number of rotatable bonds is 4. The van der Waals surface area contributed by atoms with E-state index in [9.17, 15) is 0 Å². The highest BCUT2D eigenvalue weighted by atomic mass is 35.5. The summed E-state index contributed by atoms with van der Waals surface area (Å²) in [5, 5.41) is 5.36. The third-order valence-electron chi connectivity index (χ3n) is 2.27. The zero-order chi connectivity index (χ0) is 12.3. The van der Waals surface area contributed by atoms with Crippen molar-refractivity contribution in [1.82, 2.24) is 15.0 Å². The molecule has 0 bridgehead atoms. The number of nitrogen functional groups attached to an aromatic ring is 1. The Labute approximate surface area is 108 Å². The Bertz CT molecular complexity index is 500. The molecule has 17 heavy (non-hydrogen) atoms. The number of halogens is 1. The molecule has 0 fully saturated rings. The summed E-state index contributed by atoms with van der Waals surface area (Å²) in [6, 6.07) is 0. The summed E-state index contributed by atoms with van der Waals surface area (Å²) in [5.41, 5.74) is 9.94. The van der Waals surface area contributed by atoms with Gasteiger partial charge >= 0.3 is 0 Å². The molecule has 0 spiro atoms. The maximum atomic E-state index is 5.85. The molecule has 0 amide bonds. The molecule has 0 unspecified atom stereocenters. The molecule has 0 saturated carbocycles. The maximum absolute atomic E-state index is 5.85. The van der Waals surface area contributed by atoms with Crippen molar-refractivity contribution < 1.29 is 0 Å². The molecule has 2 rings (SSSR count). The normalized spacial score (nSPS) is 10.5. The van der Waals surface area contributed by atoms with Crippen LogP contribution in [0, 0.1) is 6.92 Å². The second-order valence-electron chi connectivity index (χ2n) is 3.50. The van der Waals surface area contributed by atoms with Gasteiger partial charge in [-0.15, -0.1) is 11.3 Å². The standard InChI is InChI=1S/C10H12ClN5S/c1-6-8(12)9(16-10(11)15-6)13-3-2-7-4-17-5-14-7/h4-5H,2-3,12H2,1H3,(H,13,15,16). The van der Waals surface area contributed by atoms with E-state index in [2.05, 4.69) is 20.3 Å². The van der Waals surface area contributed by atoms with Crippen molar-refractivity contribution in [2.45, 2.75) is 13.3 Å². The van der Waals surface area contributed by atoms with Gasteiger partial charge in [0.25, 0.3) is 0 Å². The lowest BCUT2D eigenvalue weighted by atomic mass is 10.3. The zero-order valence-electron chi connectivity index (χ0n) is 9.27. The highest BCUT2D eigenvalue weighted by Gasteiger charge is 2.07. The molecule has 0 atom stereocenters. The van der Waals surface area contributed by atoms with Crippen LogP contribution in [0.3, 0.4) is 0 Å². The molecule has 2 aromatic heterocycles. The van der Waals surface area contributed by atoms with Gasteiger partial charge in [0, 0.05) is 18.3 Å². The number of hydrogen-bond donors (Lipinski definition) is 2. The largest absolute Gasteiger partial charge is 0.394 e. The highest BCUT2D eigenvalue weighted by Crippen LogP contribution is 2.20. The van der Waals surface area contributed by atoms with Crippen LogP contribution in [-0.4, -0.2) is 21.5 Å². The number of nitrogens with one attached hydrogen (secondary N) is 1. The Morgan fingerprint density at radius 2 is 2.29 bits per heavy atom. The van der Waals surface area contributed by atoms with Gasteiger partial charge in [0.1, 0.15) is 0 Å². The Morgan fingerprint density at radius 1 is 1.47 bits per heavy atom. The number of aromatic nitrogens is 3. The first-order chi connectivity index (χ1) is 8.16. The molecule has 0 saturated heterocycles. The first kappa shape index (κ1) is 12.1. The number of anilines is 2. The van der Waals surface area contributed by atoms with Crippen LogP contribution in [0.1, 0.15) is 11.4 Å². The molecule has 2 heterocycles. The van der Waals surface area contributed by atoms with Gasteiger partial charge in [0.2, 0.25) is 5.28 Å². The van der Waals surface area contributed by atoms with E-state index >= 15 is 0 Å². The van der Waals surface area contributed by atoms with Crippen LogP contribution in [-0.2, 0) is 6.42 Å². The smallest absolute Gasteiger partial charge is 0.224 e. The van der Waals surface area contributed by atoms with Crippen LogP contribution in [0.5, 0.6) is 0 Å².